The minimum atomic E-state index is 0. The fourth-order valence-corrected chi connectivity index (χ4v) is 4.01. The van der Waals surface area contributed by atoms with E-state index in [9.17, 15) is 0 Å². The van der Waals surface area contributed by atoms with Crippen molar-refractivity contribution in [2.24, 2.45) is 4.99 Å². The topological polar surface area (TPSA) is 52.1 Å². The highest BCUT2D eigenvalue weighted by molar-refractivity contribution is 14.0. The Balaban J connectivity index is 0.00000363. The fourth-order valence-electron chi connectivity index (χ4n) is 4.01. The van der Waals surface area contributed by atoms with Gasteiger partial charge in [-0.05, 0) is 35.7 Å². The van der Waals surface area contributed by atoms with Crippen molar-refractivity contribution in [2.75, 3.05) is 53.4 Å². The number of aliphatic imine (C=N–C) groups is 1. The average Bonchev–Trinajstić information content (AvgIpc) is 2.83. The normalized spacial score (nSPS) is 15.2. The standard InChI is InChI=1S/C25H37N5O.HI/c1-4-29-15-17-30(18-16-29)20-23-11-6-5-10-22(23)19-28-25(26-2)27-14-13-21-9-7-8-12-24(21)31-3;/h5-12H,4,13-20H2,1-3H3,(H2,26,27,28);1H. The third-order valence-electron chi connectivity index (χ3n) is 5.97. The van der Waals surface area contributed by atoms with Crippen LogP contribution in [0.2, 0.25) is 0 Å². The molecule has 0 bridgehead atoms. The zero-order chi connectivity index (χ0) is 21.9. The van der Waals surface area contributed by atoms with Gasteiger partial charge in [0.05, 0.1) is 7.11 Å². The van der Waals surface area contributed by atoms with Gasteiger partial charge in [0, 0.05) is 52.9 Å². The van der Waals surface area contributed by atoms with Crippen LogP contribution in [0, 0.1) is 0 Å². The van der Waals surface area contributed by atoms with E-state index in [4.69, 9.17) is 4.74 Å². The van der Waals surface area contributed by atoms with Crippen molar-refractivity contribution in [3.05, 3.63) is 65.2 Å². The van der Waals surface area contributed by atoms with Crippen LogP contribution in [0.15, 0.2) is 53.5 Å². The Morgan fingerprint density at radius 2 is 1.53 bits per heavy atom. The average molecular weight is 552 g/mol. The molecule has 0 saturated carbocycles. The molecule has 176 valence electrons. The molecular formula is C25H38IN5O. The summed E-state index contributed by atoms with van der Waals surface area (Å²) in [6.45, 7) is 10.6. The lowest BCUT2D eigenvalue weighted by molar-refractivity contribution is 0.131. The first kappa shape index (κ1) is 26.4. The number of piperazine rings is 1. The first-order valence-corrected chi connectivity index (χ1v) is 11.3. The fraction of sp³-hybridized carbons (Fsp3) is 0.480. The molecule has 0 spiro atoms. The minimum absolute atomic E-state index is 0. The van der Waals surface area contributed by atoms with Gasteiger partial charge in [-0.15, -0.1) is 24.0 Å². The lowest BCUT2D eigenvalue weighted by atomic mass is 10.1. The van der Waals surface area contributed by atoms with Gasteiger partial charge in [0.25, 0.3) is 0 Å². The maximum absolute atomic E-state index is 5.44. The van der Waals surface area contributed by atoms with E-state index in [1.165, 1.54) is 29.8 Å². The summed E-state index contributed by atoms with van der Waals surface area (Å²) in [5, 5.41) is 6.89. The summed E-state index contributed by atoms with van der Waals surface area (Å²) >= 11 is 0. The van der Waals surface area contributed by atoms with E-state index in [0.29, 0.717) is 0 Å². The van der Waals surface area contributed by atoms with Gasteiger partial charge >= 0.3 is 0 Å². The van der Waals surface area contributed by atoms with Crippen molar-refractivity contribution in [3.8, 4) is 5.75 Å². The number of ether oxygens (including phenoxy) is 1. The van der Waals surface area contributed by atoms with Crippen molar-refractivity contribution in [1.29, 1.82) is 0 Å². The number of nitrogens with zero attached hydrogens (tertiary/aromatic N) is 3. The monoisotopic (exact) mass is 551 g/mol. The Hall–Kier alpha value is -1.84. The third kappa shape index (κ3) is 7.94. The smallest absolute Gasteiger partial charge is 0.191 e. The summed E-state index contributed by atoms with van der Waals surface area (Å²) in [7, 11) is 3.53. The Bertz CT molecular complexity index is 837. The minimum Gasteiger partial charge on any atom is -0.496 e. The highest BCUT2D eigenvalue weighted by atomic mass is 127. The van der Waals surface area contributed by atoms with Gasteiger partial charge in [0.2, 0.25) is 0 Å². The van der Waals surface area contributed by atoms with Crippen molar-refractivity contribution < 1.29 is 4.74 Å². The lowest BCUT2D eigenvalue weighted by Crippen LogP contribution is -2.45. The van der Waals surface area contributed by atoms with Crippen LogP contribution in [0.3, 0.4) is 0 Å². The van der Waals surface area contributed by atoms with Gasteiger partial charge in [-0.1, -0.05) is 49.4 Å². The molecule has 1 aliphatic heterocycles. The first-order chi connectivity index (χ1) is 15.2. The zero-order valence-corrected chi connectivity index (χ0v) is 22.0. The number of benzene rings is 2. The van der Waals surface area contributed by atoms with E-state index in [0.717, 1.165) is 57.4 Å². The Morgan fingerprint density at radius 1 is 0.906 bits per heavy atom. The Kier molecular flexibility index (Phi) is 11.8. The second kappa shape index (κ2) is 14.3. The molecule has 1 aliphatic rings. The molecule has 0 aromatic heterocycles. The van der Waals surface area contributed by atoms with Gasteiger partial charge in [0.15, 0.2) is 5.96 Å². The molecule has 1 saturated heterocycles. The summed E-state index contributed by atoms with van der Waals surface area (Å²) < 4.78 is 5.44. The summed E-state index contributed by atoms with van der Waals surface area (Å²) in [5.41, 5.74) is 3.92. The quantitative estimate of drug-likeness (QED) is 0.285. The molecule has 1 fully saturated rings. The van der Waals surface area contributed by atoms with Crippen molar-refractivity contribution >= 4 is 29.9 Å². The number of guanidine groups is 1. The van der Waals surface area contributed by atoms with Gasteiger partial charge in [-0.3, -0.25) is 9.89 Å². The number of hydrogen-bond donors (Lipinski definition) is 2. The van der Waals surface area contributed by atoms with Crippen molar-refractivity contribution in [1.82, 2.24) is 20.4 Å². The van der Waals surface area contributed by atoms with Crippen LogP contribution in [0.1, 0.15) is 23.6 Å². The van der Waals surface area contributed by atoms with Crippen LogP contribution in [0.25, 0.3) is 0 Å². The predicted octanol–water partition coefficient (Wildman–Crippen LogP) is 3.36. The molecule has 1 heterocycles. The van der Waals surface area contributed by atoms with Crippen LogP contribution < -0.4 is 15.4 Å². The maximum atomic E-state index is 5.44. The number of methoxy groups -OCH3 is 1. The number of rotatable bonds is 9. The molecule has 7 heteroatoms. The molecule has 0 atom stereocenters. The summed E-state index contributed by atoms with van der Waals surface area (Å²) in [4.78, 5) is 9.47. The highest BCUT2D eigenvalue weighted by Gasteiger charge is 2.16. The van der Waals surface area contributed by atoms with E-state index in [-0.39, 0.29) is 24.0 Å². The summed E-state index contributed by atoms with van der Waals surface area (Å²) in [5.74, 6) is 1.75. The zero-order valence-electron chi connectivity index (χ0n) is 19.6. The molecule has 0 amide bonds. The second-order valence-electron chi connectivity index (χ2n) is 7.89. The summed E-state index contributed by atoms with van der Waals surface area (Å²) in [6.07, 6.45) is 0.880. The van der Waals surface area contributed by atoms with E-state index in [1.54, 1.807) is 7.11 Å². The van der Waals surface area contributed by atoms with Crippen molar-refractivity contribution in [3.63, 3.8) is 0 Å². The molecule has 6 nitrogen and oxygen atoms in total. The van der Waals surface area contributed by atoms with Crippen LogP contribution in [-0.4, -0.2) is 69.2 Å². The molecular weight excluding hydrogens is 513 g/mol. The molecule has 2 aromatic carbocycles. The third-order valence-corrected chi connectivity index (χ3v) is 5.97. The number of likely N-dealkylation sites (N-methyl/N-ethyl adjacent to an activating group) is 1. The number of para-hydroxylation sites is 1. The van der Waals surface area contributed by atoms with Crippen LogP contribution in [-0.2, 0) is 19.5 Å². The second-order valence-corrected chi connectivity index (χ2v) is 7.89. The first-order valence-electron chi connectivity index (χ1n) is 11.3. The molecule has 3 rings (SSSR count). The van der Waals surface area contributed by atoms with Crippen LogP contribution in [0.4, 0.5) is 0 Å². The van der Waals surface area contributed by atoms with Crippen LogP contribution in [0.5, 0.6) is 5.75 Å². The largest absolute Gasteiger partial charge is 0.496 e. The van der Waals surface area contributed by atoms with E-state index >= 15 is 0 Å². The molecule has 2 aromatic rings. The molecule has 0 unspecified atom stereocenters. The molecule has 0 radical (unpaired) electrons. The maximum Gasteiger partial charge on any atom is 0.191 e. The molecule has 0 aliphatic carbocycles. The van der Waals surface area contributed by atoms with E-state index in [2.05, 4.69) is 62.7 Å². The van der Waals surface area contributed by atoms with E-state index in [1.807, 2.05) is 25.2 Å². The Morgan fingerprint density at radius 3 is 2.19 bits per heavy atom. The van der Waals surface area contributed by atoms with Crippen LogP contribution >= 0.6 is 24.0 Å². The summed E-state index contributed by atoms with van der Waals surface area (Å²) in [6, 6.07) is 16.9. The highest BCUT2D eigenvalue weighted by Crippen LogP contribution is 2.17. The van der Waals surface area contributed by atoms with E-state index < -0.39 is 0 Å². The lowest BCUT2D eigenvalue weighted by Gasteiger charge is -2.34. The van der Waals surface area contributed by atoms with Crippen molar-refractivity contribution in [2.45, 2.75) is 26.4 Å². The SMILES string of the molecule is CCN1CCN(Cc2ccccc2CNC(=NC)NCCc2ccccc2OC)CC1.I. The van der Waals surface area contributed by atoms with Gasteiger partial charge in [0.1, 0.15) is 5.75 Å². The Labute approximate surface area is 210 Å². The number of nitrogens with one attached hydrogen (secondary N) is 2. The number of hydrogen-bond acceptors (Lipinski definition) is 4. The van der Waals surface area contributed by atoms with Gasteiger partial charge in [-0.2, -0.15) is 0 Å². The van der Waals surface area contributed by atoms with Gasteiger partial charge in [-0.25, -0.2) is 0 Å². The molecule has 2 N–H and O–H groups in total. The number of halogens is 1. The molecule has 32 heavy (non-hydrogen) atoms. The predicted molar refractivity (Wildman–Crippen MR) is 144 cm³/mol. The van der Waals surface area contributed by atoms with Gasteiger partial charge < -0.3 is 20.3 Å².